The standard InChI is InChI=1S/C15H29N5/c1-4-10-20-12-13(11-17-20)14(18-16)15(19(2)3)8-6-5-7-9-15/h11-12,14,18H,4-10,16H2,1-3H3. The van der Waals surface area contributed by atoms with Crippen LogP contribution in [0.1, 0.15) is 57.1 Å². The second kappa shape index (κ2) is 6.70. The molecule has 20 heavy (non-hydrogen) atoms. The summed E-state index contributed by atoms with van der Waals surface area (Å²) in [5.74, 6) is 5.93. The molecular formula is C15H29N5. The molecule has 1 aliphatic carbocycles. The molecule has 1 aliphatic rings. The lowest BCUT2D eigenvalue weighted by molar-refractivity contribution is 0.0564. The van der Waals surface area contributed by atoms with Crippen molar-refractivity contribution in [1.82, 2.24) is 20.1 Å². The van der Waals surface area contributed by atoms with E-state index in [1.54, 1.807) is 0 Å². The molecule has 1 aromatic rings. The summed E-state index contributed by atoms with van der Waals surface area (Å²) < 4.78 is 2.02. The zero-order valence-corrected chi connectivity index (χ0v) is 13.1. The van der Waals surface area contributed by atoms with E-state index in [4.69, 9.17) is 5.84 Å². The minimum atomic E-state index is 0.104. The highest BCUT2D eigenvalue weighted by atomic mass is 15.3. The highest BCUT2D eigenvalue weighted by Crippen LogP contribution is 2.41. The summed E-state index contributed by atoms with van der Waals surface area (Å²) in [4.78, 5) is 2.36. The number of nitrogens with zero attached hydrogens (tertiary/aromatic N) is 3. The van der Waals surface area contributed by atoms with Gasteiger partial charge >= 0.3 is 0 Å². The van der Waals surface area contributed by atoms with Gasteiger partial charge in [0.05, 0.1) is 12.2 Å². The van der Waals surface area contributed by atoms with Crippen molar-refractivity contribution in [3.05, 3.63) is 18.0 Å². The van der Waals surface area contributed by atoms with Crippen molar-refractivity contribution in [2.45, 2.75) is 63.6 Å². The minimum Gasteiger partial charge on any atom is -0.302 e. The number of rotatable bonds is 6. The van der Waals surface area contributed by atoms with Gasteiger partial charge < -0.3 is 4.90 Å². The van der Waals surface area contributed by atoms with Gasteiger partial charge in [-0.2, -0.15) is 5.10 Å². The molecule has 0 aromatic carbocycles. The monoisotopic (exact) mass is 279 g/mol. The van der Waals surface area contributed by atoms with Crippen LogP contribution in [0.5, 0.6) is 0 Å². The van der Waals surface area contributed by atoms with Crippen LogP contribution in [0.25, 0.3) is 0 Å². The Balaban J connectivity index is 2.27. The quantitative estimate of drug-likeness (QED) is 0.618. The fourth-order valence-electron chi connectivity index (χ4n) is 3.60. The van der Waals surface area contributed by atoms with Crippen molar-refractivity contribution in [3.8, 4) is 0 Å². The highest BCUT2D eigenvalue weighted by molar-refractivity contribution is 5.18. The van der Waals surface area contributed by atoms with E-state index in [0.29, 0.717) is 0 Å². The molecule has 1 saturated carbocycles. The first-order valence-corrected chi connectivity index (χ1v) is 7.80. The Bertz CT molecular complexity index is 406. The molecule has 0 aliphatic heterocycles. The van der Waals surface area contributed by atoms with Crippen LogP contribution in [-0.4, -0.2) is 34.3 Å². The van der Waals surface area contributed by atoms with Gasteiger partial charge in [0, 0.05) is 23.8 Å². The third-order valence-corrected chi connectivity index (χ3v) is 4.75. The highest BCUT2D eigenvalue weighted by Gasteiger charge is 2.42. The first-order chi connectivity index (χ1) is 9.64. The van der Waals surface area contributed by atoms with E-state index in [1.807, 2.05) is 10.9 Å². The molecule has 0 bridgehead atoms. The molecule has 1 fully saturated rings. The first-order valence-electron chi connectivity index (χ1n) is 7.80. The summed E-state index contributed by atoms with van der Waals surface area (Å²) >= 11 is 0. The van der Waals surface area contributed by atoms with Crippen LogP contribution in [0.4, 0.5) is 0 Å². The molecule has 3 N–H and O–H groups in total. The summed E-state index contributed by atoms with van der Waals surface area (Å²) in [6.45, 7) is 3.13. The lowest BCUT2D eigenvalue weighted by atomic mass is 9.74. The van der Waals surface area contributed by atoms with Crippen molar-refractivity contribution in [3.63, 3.8) is 0 Å². The number of nitrogens with two attached hydrogens (primary N) is 1. The lowest BCUT2D eigenvalue weighted by Crippen LogP contribution is -2.56. The number of aryl methyl sites for hydroxylation is 1. The van der Waals surface area contributed by atoms with Gasteiger partial charge in [-0.05, 0) is 33.4 Å². The summed E-state index contributed by atoms with van der Waals surface area (Å²) in [7, 11) is 4.35. The summed E-state index contributed by atoms with van der Waals surface area (Å²) in [5.41, 5.74) is 4.38. The Morgan fingerprint density at radius 3 is 2.65 bits per heavy atom. The van der Waals surface area contributed by atoms with Crippen molar-refractivity contribution in [2.24, 2.45) is 5.84 Å². The van der Waals surface area contributed by atoms with Crippen LogP contribution in [0.3, 0.4) is 0 Å². The molecule has 0 saturated heterocycles. The molecule has 1 unspecified atom stereocenters. The van der Waals surface area contributed by atoms with Crippen LogP contribution < -0.4 is 11.3 Å². The Labute approximate surface area is 122 Å². The van der Waals surface area contributed by atoms with Crippen LogP contribution in [0.15, 0.2) is 12.4 Å². The normalized spacial score (nSPS) is 20.2. The number of hydrogen-bond acceptors (Lipinski definition) is 4. The SMILES string of the molecule is CCCn1cc(C(NN)C2(N(C)C)CCCCC2)cn1. The van der Waals surface area contributed by atoms with Crippen LogP contribution >= 0.6 is 0 Å². The van der Waals surface area contributed by atoms with Crippen LogP contribution in [0, 0.1) is 0 Å². The molecule has 1 heterocycles. The molecule has 5 nitrogen and oxygen atoms in total. The predicted molar refractivity (Wildman–Crippen MR) is 82.1 cm³/mol. The van der Waals surface area contributed by atoms with E-state index in [0.717, 1.165) is 13.0 Å². The van der Waals surface area contributed by atoms with E-state index >= 15 is 0 Å². The Kier molecular flexibility index (Phi) is 5.18. The third kappa shape index (κ3) is 2.90. The van der Waals surface area contributed by atoms with Gasteiger partial charge in [-0.3, -0.25) is 16.0 Å². The van der Waals surface area contributed by atoms with Crippen molar-refractivity contribution in [1.29, 1.82) is 0 Å². The molecule has 0 spiro atoms. The van der Waals surface area contributed by atoms with Crippen molar-refractivity contribution in [2.75, 3.05) is 14.1 Å². The van der Waals surface area contributed by atoms with Gasteiger partial charge in [0.2, 0.25) is 0 Å². The minimum absolute atomic E-state index is 0.104. The van der Waals surface area contributed by atoms with E-state index in [2.05, 4.69) is 42.6 Å². The zero-order chi connectivity index (χ0) is 14.6. The fourth-order valence-corrected chi connectivity index (χ4v) is 3.60. The number of likely N-dealkylation sites (N-methyl/N-ethyl adjacent to an activating group) is 1. The molecule has 1 atom stereocenters. The summed E-state index contributed by atoms with van der Waals surface area (Å²) in [5, 5.41) is 4.46. The topological polar surface area (TPSA) is 59.1 Å². The van der Waals surface area contributed by atoms with Gasteiger partial charge in [-0.1, -0.05) is 26.2 Å². The maximum Gasteiger partial charge on any atom is 0.0674 e. The van der Waals surface area contributed by atoms with Gasteiger partial charge in [0.15, 0.2) is 0 Å². The van der Waals surface area contributed by atoms with Gasteiger partial charge in [0.1, 0.15) is 0 Å². The average molecular weight is 279 g/mol. The van der Waals surface area contributed by atoms with Crippen LogP contribution in [0.2, 0.25) is 0 Å². The van der Waals surface area contributed by atoms with Gasteiger partial charge in [-0.15, -0.1) is 0 Å². The largest absolute Gasteiger partial charge is 0.302 e. The van der Waals surface area contributed by atoms with E-state index < -0.39 is 0 Å². The number of hydrazine groups is 1. The molecular weight excluding hydrogens is 250 g/mol. The van der Waals surface area contributed by atoms with Crippen LogP contribution in [-0.2, 0) is 6.54 Å². The third-order valence-electron chi connectivity index (χ3n) is 4.75. The van der Waals surface area contributed by atoms with E-state index in [1.165, 1.54) is 37.7 Å². The van der Waals surface area contributed by atoms with E-state index in [9.17, 15) is 0 Å². The fraction of sp³-hybridized carbons (Fsp3) is 0.800. The van der Waals surface area contributed by atoms with Crippen molar-refractivity contribution < 1.29 is 0 Å². The summed E-state index contributed by atoms with van der Waals surface area (Å²) in [6, 6.07) is 0.142. The van der Waals surface area contributed by atoms with Crippen molar-refractivity contribution >= 4 is 0 Å². The molecule has 1 aromatic heterocycles. The smallest absolute Gasteiger partial charge is 0.0674 e. The molecule has 5 heteroatoms. The summed E-state index contributed by atoms with van der Waals surface area (Å²) in [6.07, 6.45) is 11.5. The second-order valence-corrected chi connectivity index (χ2v) is 6.20. The van der Waals surface area contributed by atoms with Gasteiger partial charge in [0.25, 0.3) is 0 Å². The average Bonchev–Trinajstić information content (AvgIpc) is 2.89. The maximum absolute atomic E-state index is 5.93. The number of nitrogens with one attached hydrogen (secondary N) is 1. The molecule has 0 radical (unpaired) electrons. The zero-order valence-electron chi connectivity index (χ0n) is 13.1. The van der Waals surface area contributed by atoms with Gasteiger partial charge in [-0.25, -0.2) is 0 Å². The molecule has 2 rings (SSSR count). The predicted octanol–water partition coefficient (Wildman–Crippen LogP) is 2.06. The molecule has 114 valence electrons. The lowest BCUT2D eigenvalue weighted by Gasteiger charge is -2.48. The number of aromatic nitrogens is 2. The number of hydrogen-bond donors (Lipinski definition) is 2. The Morgan fingerprint density at radius 2 is 2.10 bits per heavy atom. The Hall–Kier alpha value is -0.910. The Morgan fingerprint density at radius 1 is 1.40 bits per heavy atom. The van der Waals surface area contributed by atoms with E-state index in [-0.39, 0.29) is 11.6 Å². The maximum atomic E-state index is 5.93. The second-order valence-electron chi connectivity index (χ2n) is 6.20. The molecule has 0 amide bonds. The first kappa shape index (κ1) is 15.5.